The summed E-state index contributed by atoms with van der Waals surface area (Å²) in [7, 11) is 0. The van der Waals surface area contributed by atoms with E-state index in [9.17, 15) is 0 Å². The van der Waals surface area contributed by atoms with E-state index in [2.05, 4.69) is 31.2 Å². The highest BCUT2D eigenvalue weighted by Crippen LogP contribution is 2.22. The van der Waals surface area contributed by atoms with E-state index in [1.54, 1.807) is 0 Å². The van der Waals surface area contributed by atoms with Gasteiger partial charge in [-0.1, -0.05) is 67.6 Å². The third-order valence-corrected chi connectivity index (χ3v) is 3.44. The molecule has 0 heterocycles. The molecule has 0 saturated heterocycles. The highest BCUT2D eigenvalue weighted by molar-refractivity contribution is 5.78. The lowest BCUT2D eigenvalue weighted by molar-refractivity contribution is 0.0309. The largest absolute Gasteiger partial charge is 0.498 e. The van der Waals surface area contributed by atoms with Crippen LogP contribution in [-0.2, 0) is 14.2 Å². The van der Waals surface area contributed by atoms with E-state index >= 15 is 0 Å². The molecule has 3 nitrogen and oxygen atoms in total. The third-order valence-electron chi connectivity index (χ3n) is 3.44. The summed E-state index contributed by atoms with van der Waals surface area (Å²) in [5, 5.41) is 0. The zero-order valence-corrected chi connectivity index (χ0v) is 14.3. The van der Waals surface area contributed by atoms with Crippen LogP contribution >= 0.6 is 0 Å². The Balaban J connectivity index is 1.84. The van der Waals surface area contributed by atoms with Gasteiger partial charge < -0.3 is 14.2 Å². The molecule has 24 heavy (non-hydrogen) atoms. The van der Waals surface area contributed by atoms with Gasteiger partial charge in [0.15, 0.2) is 0 Å². The van der Waals surface area contributed by atoms with Crippen molar-refractivity contribution in [3.63, 3.8) is 0 Å². The van der Waals surface area contributed by atoms with E-state index in [4.69, 9.17) is 14.2 Å². The van der Waals surface area contributed by atoms with Crippen molar-refractivity contribution in [1.82, 2.24) is 0 Å². The second-order valence-electron chi connectivity index (χ2n) is 5.36. The Labute approximate surface area is 144 Å². The van der Waals surface area contributed by atoms with E-state index in [0.717, 1.165) is 29.7 Å². The summed E-state index contributed by atoms with van der Waals surface area (Å²) in [6.07, 6.45) is 2.86. The van der Waals surface area contributed by atoms with Crippen LogP contribution in [0, 0.1) is 0 Å². The van der Waals surface area contributed by atoms with Crippen LogP contribution in [0.15, 0.2) is 66.9 Å². The van der Waals surface area contributed by atoms with Gasteiger partial charge in [-0.25, -0.2) is 0 Å². The quantitative estimate of drug-likeness (QED) is 0.448. The van der Waals surface area contributed by atoms with Crippen LogP contribution < -0.4 is 0 Å². The first-order valence-electron chi connectivity index (χ1n) is 8.50. The molecule has 3 heteroatoms. The van der Waals surface area contributed by atoms with Gasteiger partial charge in [0.2, 0.25) is 0 Å². The van der Waals surface area contributed by atoms with E-state index in [1.165, 1.54) is 0 Å². The molecule has 2 aromatic carbocycles. The zero-order valence-electron chi connectivity index (χ0n) is 14.3. The van der Waals surface area contributed by atoms with Crippen molar-refractivity contribution in [3.05, 3.63) is 78.1 Å². The summed E-state index contributed by atoms with van der Waals surface area (Å²) in [6, 6.07) is 20.5. The van der Waals surface area contributed by atoms with Crippen LogP contribution in [0.2, 0.25) is 0 Å². The first kappa shape index (κ1) is 18.2. The lowest BCUT2D eigenvalue weighted by atomic mass is 9.99. The molecule has 0 aliphatic heterocycles. The number of benzene rings is 2. The average molecular weight is 326 g/mol. The van der Waals surface area contributed by atoms with Crippen molar-refractivity contribution in [1.29, 1.82) is 0 Å². The van der Waals surface area contributed by atoms with Gasteiger partial charge in [-0.05, 0) is 17.5 Å². The molecule has 0 fully saturated rings. The molecule has 2 rings (SSSR count). The van der Waals surface area contributed by atoms with Crippen molar-refractivity contribution in [2.24, 2.45) is 0 Å². The summed E-state index contributed by atoms with van der Waals surface area (Å²) in [6.45, 7) is 5.22. The predicted molar refractivity (Wildman–Crippen MR) is 97.8 cm³/mol. The fourth-order valence-corrected chi connectivity index (χ4v) is 2.25. The predicted octanol–water partition coefficient (Wildman–Crippen LogP) is 4.54. The molecule has 128 valence electrons. The van der Waals surface area contributed by atoms with Crippen LogP contribution in [0.5, 0.6) is 0 Å². The van der Waals surface area contributed by atoms with Crippen molar-refractivity contribution in [3.8, 4) is 0 Å². The highest BCUT2D eigenvalue weighted by Gasteiger charge is 2.04. The van der Waals surface area contributed by atoms with Gasteiger partial charge in [0.25, 0.3) is 0 Å². The average Bonchev–Trinajstić information content (AvgIpc) is 2.65. The maximum Gasteiger partial charge on any atom is 0.111 e. The Morgan fingerprint density at radius 2 is 1.21 bits per heavy atom. The third kappa shape index (κ3) is 6.57. The second kappa shape index (κ2) is 11.4. The van der Waals surface area contributed by atoms with Crippen molar-refractivity contribution >= 4 is 5.57 Å². The van der Waals surface area contributed by atoms with Crippen LogP contribution in [0.25, 0.3) is 5.57 Å². The smallest absolute Gasteiger partial charge is 0.111 e. The van der Waals surface area contributed by atoms with Gasteiger partial charge >= 0.3 is 0 Å². The normalized spacial score (nSPS) is 10.4. The first-order chi connectivity index (χ1) is 11.9. The SMILES string of the molecule is CCCOCCOCCOC=C(c1ccccc1)c1ccccc1. The van der Waals surface area contributed by atoms with E-state index in [0.29, 0.717) is 26.4 Å². The van der Waals surface area contributed by atoms with Crippen molar-refractivity contribution < 1.29 is 14.2 Å². The molecular formula is C21H26O3. The van der Waals surface area contributed by atoms with Crippen molar-refractivity contribution in [2.45, 2.75) is 13.3 Å². The van der Waals surface area contributed by atoms with Crippen LogP contribution in [0.1, 0.15) is 24.5 Å². The van der Waals surface area contributed by atoms with Crippen LogP contribution in [0.3, 0.4) is 0 Å². The molecule has 0 amide bonds. The summed E-state index contributed by atoms with van der Waals surface area (Å²) in [5.41, 5.74) is 3.35. The minimum Gasteiger partial charge on any atom is -0.498 e. The molecule has 0 unspecified atom stereocenters. The molecule has 0 aromatic heterocycles. The lowest BCUT2D eigenvalue weighted by Gasteiger charge is -2.10. The first-order valence-corrected chi connectivity index (χ1v) is 8.50. The number of ether oxygens (including phenoxy) is 3. The Kier molecular flexibility index (Phi) is 8.69. The van der Waals surface area contributed by atoms with Gasteiger partial charge in [-0.15, -0.1) is 0 Å². The second-order valence-corrected chi connectivity index (χ2v) is 5.36. The Bertz CT molecular complexity index is 537. The Hall–Kier alpha value is -2.10. The molecule has 0 N–H and O–H groups in total. The van der Waals surface area contributed by atoms with Crippen LogP contribution in [0.4, 0.5) is 0 Å². The highest BCUT2D eigenvalue weighted by atomic mass is 16.5. The molecular weight excluding hydrogens is 300 g/mol. The maximum absolute atomic E-state index is 5.70. The molecule has 0 spiro atoms. The molecule has 0 bridgehead atoms. The molecule has 0 saturated carbocycles. The number of hydrogen-bond acceptors (Lipinski definition) is 3. The fourth-order valence-electron chi connectivity index (χ4n) is 2.25. The lowest BCUT2D eigenvalue weighted by Crippen LogP contribution is -2.08. The molecule has 0 atom stereocenters. The van der Waals surface area contributed by atoms with E-state index in [-0.39, 0.29) is 0 Å². The Morgan fingerprint density at radius 3 is 1.75 bits per heavy atom. The summed E-state index contributed by atoms with van der Waals surface area (Å²) < 4.78 is 16.6. The van der Waals surface area contributed by atoms with Gasteiger partial charge in [0.05, 0.1) is 26.1 Å². The molecule has 2 aromatic rings. The minimum absolute atomic E-state index is 0.525. The van der Waals surface area contributed by atoms with Crippen molar-refractivity contribution in [2.75, 3.05) is 33.0 Å². The van der Waals surface area contributed by atoms with Gasteiger partial charge in [0, 0.05) is 12.2 Å². The summed E-state index contributed by atoms with van der Waals surface area (Å²) >= 11 is 0. The molecule has 0 radical (unpaired) electrons. The van der Waals surface area contributed by atoms with Gasteiger partial charge in [-0.3, -0.25) is 0 Å². The molecule has 0 aliphatic carbocycles. The Morgan fingerprint density at radius 1 is 0.708 bits per heavy atom. The molecule has 0 aliphatic rings. The van der Waals surface area contributed by atoms with Crippen LogP contribution in [-0.4, -0.2) is 33.0 Å². The minimum atomic E-state index is 0.525. The number of rotatable bonds is 11. The van der Waals surface area contributed by atoms with Gasteiger partial charge in [-0.2, -0.15) is 0 Å². The summed E-state index contributed by atoms with van der Waals surface area (Å²) in [5.74, 6) is 0. The fraction of sp³-hybridized carbons (Fsp3) is 0.333. The maximum atomic E-state index is 5.70. The van der Waals surface area contributed by atoms with E-state index < -0.39 is 0 Å². The standard InChI is InChI=1S/C21H26O3/c1-2-13-22-14-15-23-16-17-24-18-21(19-9-5-3-6-10-19)20-11-7-4-8-12-20/h3-12,18H,2,13-17H2,1H3. The topological polar surface area (TPSA) is 27.7 Å². The monoisotopic (exact) mass is 326 g/mol. The van der Waals surface area contributed by atoms with E-state index in [1.807, 2.05) is 42.7 Å². The zero-order chi connectivity index (χ0) is 16.9. The summed E-state index contributed by atoms with van der Waals surface area (Å²) in [4.78, 5) is 0. The van der Waals surface area contributed by atoms with Gasteiger partial charge in [0.1, 0.15) is 6.61 Å². The number of hydrogen-bond donors (Lipinski definition) is 0.